The van der Waals surface area contributed by atoms with E-state index in [1.807, 2.05) is 42.5 Å². The number of rotatable bonds is 7. The maximum atomic E-state index is 9.78. The van der Waals surface area contributed by atoms with Crippen molar-refractivity contribution >= 4 is 16.6 Å². The summed E-state index contributed by atoms with van der Waals surface area (Å²) in [6.45, 7) is 8.03. The molecule has 3 aromatic rings. The first kappa shape index (κ1) is 18.8. The van der Waals surface area contributed by atoms with Crippen LogP contribution in [0.25, 0.3) is 22.2 Å². The van der Waals surface area contributed by atoms with Crippen molar-refractivity contribution in [1.82, 2.24) is 4.57 Å². The zero-order chi connectivity index (χ0) is 19.4. The van der Waals surface area contributed by atoms with Crippen molar-refractivity contribution in [2.75, 3.05) is 12.3 Å². The fourth-order valence-corrected chi connectivity index (χ4v) is 3.50. The molecule has 0 spiro atoms. The van der Waals surface area contributed by atoms with Gasteiger partial charge in [0.2, 0.25) is 0 Å². The van der Waals surface area contributed by atoms with Gasteiger partial charge >= 0.3 is 0 Å². The summed E-state index contributed by atoms with van der Waals surface area (Å²) in [5.41, 5.74) is 10.3. The third-order valence-corrected chi connectivity index (χ3v) is 4.84. The first-order chi connectivity index (χ1) is 13.0. The van der Waals surface area contributed by atoms with Crippen LogP contribution in [0, 0.1) is 17.2 Å². The minimum atomic E-state index is 0.692. The zero-order valence-corrected chi connectivity index (χ0v) is 16.3. The van der Waals surface area contributed by atoms with Gasteiger partial charge in [0, 0.05) is 17.6 Å². The number of nitriles is 1. The summed E-state index contributed by atoms with van der Waals surface area (Å²) >= 11 is 0. The number of benzene rings is 2. The molecule has 1 aromatic heterocycles. The Labute approximate surface area is 161 Å². The van der Waals surface area contributed by atoms with Gasteiger partial charge in [0.05, 0.1) is 23.4 Å². The minimum absolute atomic E-state index is 0.692. The summed E-state index contributed by atoms with van der Waals surface area (Å²) in [6, 6.07) is 16.1. The van der Waals surface area contributed by atoms with E-state index in [4.69, 9.17) is 10.5 Å². The first-order valence-corrected chi connectivity index (χ1v) is 9.60. The van der Waals surface area contributed by atoms with E-state index >= 15 is 0 Å². The van der Waals surface area contributed by atoms with Crippen LogP contribution in [-0.2, 0) is 6.54 Å². The number of fused-ring (bicyclic) bond motifs is 1. The highest BCUT2D eigenvalue weighted by atomic mass is 16.5. The molecule has 0 amide bonds. The lowest BCUT2D eigenvalue weighted by Gasteiger charge is -2.11. The number of nitrogens with two attached hydrogens (primary N) is 1. The molecule has 0 unspecified atom stereocenters. The van der Waals surface area contributed by atoms with Crippen molar-refractivity contribution < 1.29 is 4.74 Å². The van der Waals surface area contributed by atoms with Gasteiger partial charge in [-0.25, -0.2) is 0 Å². The largest absolute Gasteiger partial charge is 0.494 e. The number of nitrogen functional groups attached to an aromatic ring is 1. The molecule has 0 saturated heterocycles. The van der Waals surface area contributed by atoms with Gasteiger partial charge in [0.25, 0.3) is 0 Å². The highest BCUT2D eigenvalue weighted by molar-refractivity contribution is 5.96. The molecule has 0 radical (unpaired) electrons. The summed E-state index contributed by atoms with van der Waals surface area (Å²) < 4.78 is 8.00. The van der Waals surface area contributed by atoms with Crippen LogP contribution in [0.15, 0.2) is 42.5 Å². The number of aryl methyl sites for hydroxylation is 1. The van der Waals surface area contributed by atoms with E-state index in [9.17, 15) is 5.26 Å². The molecular weight excluding hydrogens is 334 g/mol. The van der Waals surface area contributed by atoms with Crippen LogP contribution >= 0.6 is 0 Å². The van der Waals surface area contributed by atoms with Crippen molar-refractivity contribution in [1.29, 1.82) is 5.26 Å². The second kappa shape index (κ2) is 8.18. The van der Waals surface area contributed by atoms with Crippen molar-refractivity contribution in [3.8, 4) is 23.1 Å². The van der Waals surface area contributed by atoms with Gasteiger partial charge in [0.1, 0.15) is 11.8 Å². The molecular formula is C23H27N3O. The number of ether oxygens (including phenoxy) is 1. The fraction of sp³-hybridized carbons (Fsp3) is 0.348. The van der Waals surface area contributed by atoms with Gasteiger partial charge in [-0.05, 0) is 73.7 Å². The quantitative estimate of drug-likeness (QED) is 0.440. The molecule has 0 aliphatic heterocycles. The Morgan fingerprint density at radius 2 is 1.89 bits per heavy atom. The predicted octanol–water partition coefficient (Wildman–Crippen LogP) is 5.60. The Morgan fingerprint density at radius 1 is 1.15 bits per heavy atom. The van der Waals surface area contributed by atoms with Gasteiger partial charge in [-0.1, -0.05) is 13.8 Å². The molecule has 27 heavy (non-hydrogen) atoms. The topological polar surface area (TPSA) is 64.0 Å². The summed E-state index contributed by atoms with van der Waals surface area (Å²) in [4.78, 5) is 0. The number of anilines is 1. The van der Waals surface area contributed by atoms with Crippen molar-refractivity contribution in [3.63, 3.8) is 0 Å². The molecule has 3 rings (SSSR count). The number of hydrogen-bond donors (Lipinski definition) is 1. The van der Waals surface area contributed by atoms with Crippen LogP contribution in [0.5, 0.6) is 5.75 Å². The molecule has 4 nitrogen and oxygen atoms in total. The lowest BCUT2D eigenvalue weighted by molar-refractivity contribution is 0.298. The van der Waals surface area contributed by atoms with Crippen LogP contribution in [0.1, 0.15) is 39.2 Å². The summed E-state index contributed by atoms with van der Waals surface area (Å²) in [5.74, 6) is 1.56. The van der Waals surface area contributed by atoms with E-state index in [1.165, 1.54) is 6.42 Å². The molecule has 0 fully saturated rings. The second-order valence-electron chi connectivity index (χ2n) is 7.27. The predicted molar refractivity (Wildman–Crippen MR) is 112 cm³/mol. The third kappa shape index (κ3) is 3.93. The number of hydrogen-bond acceptors (Lipinski definition) is 3. The van der Waals surface area contributed by atoms with Crippen molar-refractivity contribution in [2.45, 2.75) is 40.2 Å². The van der Waals surface area contributed by atoms with Gasteiger partial charge in [-0.2, -0.15) is 5.26 Å². The lowest BCUT2D eigenvalue weighted by Crippen LogP contribution is -2.00. The molecule has 2 aromatic carbocycles. The smallest absolute Gasteiger partial charge is 0.119 e. The molecule has 0 aliphatic carbocycles. The maximum absolute atomic E-state index is 9.78. The van der Waals surface area contributed by atoms with E-state index in [2.05, 4.69) is 31.4 Å². The minimum Gasteiger partial charge on any atom is -0.494 e. The normalized spacial score (nSPS) is 11.1. The van der Waals surface area contributed by atoms with E-state index in [0.717, 1.165) is 47.5 Å². The van der Waals surface area contributed by atoms with Crippen molar-refractivity contribution in [2.24, 2.45) is 5.92 Å². The van der Waals surface area contributed by atoms with E-state index in [-0.39, 0.29) is 0 Å². The van der Waals surface area contributed by atoms with Crippen LogP contribution < -0.4 is 10.5 Å². The van der Waals surface area contributed by atoms with Gasteiger partial charge in [-0.15, -0.1) is 0 Å². The average molecular weight is 361 g/mol. The van der Waals surface area contributed by atoms with Crippen LogP contribution in [-0.4, -0.2) is 11.2 Å². The molecule has 140 valence electrons. The Hall–Kier alpha value is -2.93. The molecule has 4 heteroatoms. The van der Waals surface area contributed by atoms with Gasteiger partial charge < -0.3 is 15.0 Å². The van der Waals surface area contributed by atoms with Gasteiger partial charge in [-0.3, -0.25) is 0 Å². The zero-order valence-electron chi connectivity index (χ0n) is 16.3. The van der Waals surface area contributed by atoms with Crippen molar-refractivity contribution in [3.05, 3.63) is 48.0 Å². The van der Waals surface area contributed by atoms with Crippen LogP contribution in [0.3, 0.4) is 0 Å². The van der Waals surface area contributed by atoms with E-state index < -0.39 is 0 Å². The maximum Gasteiger partial charge on any atom is 0.119 e. The molecule has 0 aliphatic rings. The highest BCUT2D eigenvalue weighted by Crippen LogP contribution is 2.35. The molecule has 0 bridgehead atoms. The van der Waals surface area contributed by atoms with Crippen LogP contribution in [0.2, 0.25) is 0 Å². The lowest BCUT2D eigenvalue weighted by atomic mass is 10.1. The third-order valence-electron chi connectivity index (χ3n) is 4.84. The standard InChI is InChI=1S/C23H27N3O/c1-4-26-22-14-18(25)9-12-20(22)21(15-24)23(26)17-7-10-19(11-8-17)27-13-5-6-16(2)3/h7-12,14,16H,4-6,13,25H2,1-3H3. The fourth-order valence-electron chi connectivity index (χ4n) is 3.50. The van der Waals surface area contributed by atoms with E-state index in [1.54, 1.807) is 0 Å². The SMILES string of the molecule is CCn1c(-c2ccc(OCCCC(C)C)cc2)c(C#N)c2ccc(N)cc21. The van der Waals surface area contributed by atoms with Crippen LogP contribution in [0.4, 0.5) is 5.69 Å². The molecule has 0 saturated carbocycles. The van der Waals surface area contributed by atoms with E-state index in [0.29, 0.717) is 17.2 Å². The molecule has 2 N–H and O–H groups in total. The Morgan fingerprint density at radius 3 is 2.52 bits per heavy atom. The number of aromatic nitrogens is 1. The Kier molecular flexibility index (Phi) is 5.71. The summed E-state index contributed by atoms with van der Waals surface area (Å²) in [7, 11) is 0. The molecule has 0 atom stereocenters. The second-order valence-corrected chi connectivity index (χ2v) is 7.27. The number of nitrogens with zero attached hydrogens (tertiary/aromatic N) is 2. The first-order valence-electron chi connectivity index (χ1n) is 9.60. The van der Waals surface area contributed by atoms with Gasteiger partial charge in [0.15, 0.2) is 0 Å². The Balaban J connectivity index is 1.92. The Bertz CT molecular complexity index is 962. The monoisotopic (exact) mass is 361 g/mol. The summed E-state index contributed by atoms with van der Waals surface area (Å²) in [6.07, 6.45) is 2.23. The highest BCUT2D eigenvalue weighted by Gasteiger charge is 2.18. The average Bonchev–Trinajstić information content (AvgIpc) is 2.98. The molecule has 1 heterocycles. The summed E-state index contributed by atoms with van der Waals surface area (Å²) in [5, 5.41) is 10.7.